The molecule has 260 valence electrons. The number of esters is 2. The van der Waals surface area contributed by atoms with E-state index < -0.39 is 52.5 Å². The molecule has 47 heavy (non-hydrogen) atoms. The van der Waals surface area contributed by atoms with E-state index in [-0.39, 0.29) is 31.2 Å². The van der Waals surface area contributed by atoms with Gasteiger partial charge in [-0.05, 0) is 98.1 Å². The first-order valence-corrected chi connectivity index (χ1v) is 17.1. The molecule has 2 fully saturated rings. The number of aryl methyl sites for hydroxylation is 1. The SMILES string of the molecule is CC(C)(C)OC(=O)CN1C(=O)C(NC(=O)C2(CC(CC(=O)N3CCC(O)CC3)C(=O)OC(C)(C)C)CCCC2)CCc2ccccc21. The van der Waals surface area contributed by atoms with Crippen molar-refractivity contribution in [3.05, 3.63) is 29.8 Å². The van der Waals surface area contributed by atoms with E-state index in [4.69, 9.17) is 9.47 Å². The van der Waals surface area contributed by atoms with Gasteiger partial charge in [0.1, 0.15) is 23.8 Å². The number of fused-ring (bicyclic) bond motifs is 1. The fourth-order valence-corrected chi connectivity index (χ4v) is 6.95. The van der Waals surface area contributed by atoms with Crippen LogP contribution in [0.2, 0.25) is 0 Å². The summed E-state index contributed by atoms with van der Waals surface area (Å²) in [5, 5.41) is 12.9. The Labute approximate surface area is 278 Å². The molecule has 0 radical (unpaired) electrons. The standard InChI is InChI=1S/C36H53N3O8/c1-34(2,3)46-30(42)23-39-28-12-8-7-11-24(28)13-14-27(31(39)43)37-33(45)36(17-9-10-18-36)22-25(32(44)47-35(4,5)6)21-29(41)38-19-15-26(40)16-20-38/h7-8,11-12,25-27,40H,9-10,13-23H2,1-6H3,(H,37,45). The number of anilines is 1. The van der Waals surface area contributed by atoms with Crippen molar-refractivity contribution in [1.82, 2.24) is 10.2 Å². The van der Waals surface area contributed by atoms with Gasteiger partial charge >= 0.3 is 11.9 Å². The molecule has 2 heterocycles. The Bertz CT molecular complexity index is 1320. The fourth-order valence-electron chi connectivity index (χ4n) is 6.95. The maximum atomic E-state index is 14.3. The fraction of sp³-hybridized carbons (Fsp3) is 0.694. The third-order valence-corrected chi connectivity index (χ3v) is 9.22. The van der Waals surface area contributed by atoms with Crippen LogP contribution in [-0.2, 0) is 39.9 Å². The zero-order chi connectivity index (χ0) is 34.6. The summed E-state index contributed by atoms with van der Waals surface area (Å²) in [6, 6.07) is 6.51. The number of piperidine rings is 1. The van der Waals surface area contributed by atoms with Crippen LogP contribution in [0.5, 0.6) is 0 Å². The van der Waals surface area contributed by atoms with Gasteiger partial charge in [-0.2, -0.15) is 0 Å². The molecule has 3 amide bonds. The Morgan fingerprint density at radius 2 is 1.57 bits per heavy atom. The van der Waals surface area contributed by atoms with Crippen molar-refractivity contribution in [2.75, 3.05) is 24.5 Å². The van der Waals surface area contributed by atoms with Crippen molar-refractivity contribution < 1.29 is 38.6 Å². The van der Waals surface area contributed by atoms with Crippen molar-refractivity contribution in [2.45, 2.75) is 129 Å². The van der Waals surface area contributed by atoms with Gasteiger partial charge in [0.15, 0.2) is 0 Å². The monoisotopic (exact) mass is 655 g/mol. The number of carbonyl (C=O) groups is 5. The maximum Gasteiger partial charge on any atom is 0.326 e. The number of benzene rings is 1. The van der Waals surface area contributed by atoms with Gasteiger partial charge in [-0.1, -0.05) is 31.0 Å². The minimum Gasteiger partial charge on any atom is -0.460 e. The Morgan fingerprint density at radius 3 is 2.19 bits per heavy atom. The quantitative estimate of drug-likeness (QED) is 0.379. The normalized spacial score (nSPS) is 21.0. The number of aliphatic hydroxyl groups excluding tert-OH is 1. The first-order valence-electron chi connectivity index (χ1n) is 17.1. The first-order chi connectivity index (χ1) is 22.0. The highest BCUT2D eigenvalue weighted by molar-refractivity contribution is 6.03. The van der Waals surface area contributed by atoms with E-state index in [0.717, 1.165) is 18.4 Å². The topological polar surface area (TPSA) is 143 Å². The number of ether oxygens (including phenoxy) is 2. The number of carbonyl (C=O) groups excluding carboxylic acids is 5. The van der Waals surface area contributed by atoms with Gasteiger partial charge in [0.2, 0.25) is 17.7 Å². The van der Waals surface area contributed by atoms with Crippen molar-refractivity contribution in [3.8, 4) is 0 Å². The summed E-state index contributed by atoms with van der Waals surface area (Å²) >= 11 is 0. The molecule has 1 aliphatic carbocycles. The first kappa shape index (κ1) is 36.4. The summed E-state index contributed by atoms with van der Waals surface area (Å²) in [4.78, 5) is 71.3. The minimum atomic E-state index is -0.963. The number of amides is 3. The lowest BCUT2D eigenvalue weighted by Crippen LogP contribution is -2.53. The van der Waals surface area contributed by atoms with Crippen LogP contribution in [0.4, 0.5) is 5.69 Å². The molecule has 3 aliphatic rings. The second-order valence-corrected chi connectivity index (χ2v) is 15.4. The van der Waals surface area contributed by atoms with E-state index in [2.05, 4.69) is 5.32 Å². The summed E-state index contributed by atoms with van der Waals surface area (Å²) < 4.78 is 11.3. The Hall–Kier alpha value is -3.47. The average Bonchev–Trinajstić information content (AvgIpc) is 3.41. The van der Waals surface area contributed by atoms with Gasteiger partial charge in [0, 0.05) is 25.2 Å². The third-order valence-electron chi connectivity index (χ3n) is 9.22. The van der Waals surface area contributed by atoms with E-state index in [0.29, 0.717) is 57.3 Å². The van der Waals surface area contributed by atoms with Crippen molar-refractivity contribution in [2.24, 2.45) is 11.3 Å². The largest absolute Gasteiger partial charge is 0.460 e. The predicted octanol–water partition coefficient (Wildman–Crippen LogP) is 4.07. The van der Waals surface area contributed by atoms with Gasteiger partial charge in [-0.3, -0.25) is 28.9 Å². The molecular formula is C36H53N3O8. The maximum absolute atomic E-state index is 14.3. The Kier molecular flexibility index (Phi) is 11.4. The lowest BCUT2D eigenvalue weighted by Gasteiger charge is -2.35. The van der Waals surface area contributed by atoms with Gasteiger partial charge in [0.05, 0.1) is 17.4 Å². The average molecular weight is 656 g/mol. The zero-order valence-electron chi connectivity index (χ0n) is 28.9. The van der Waals surface area contributed by atoms with Crippen molar-refractivity contribution >= 4 is 35.3 Å². The van der Waals surface area contributed by atoms with Crippen LogP contribution < -0.4 is 10.2 Å². The lowest BCUT2D eigenvalue weighted by molar-refractivity contribution is -0.164. The van der Waals surface area contributed by atoms with Crippen LogP contribution in [0.25, 0.3) is 0 Å². The Morgan fingerprint density at radius 1 is 0.957 bits per heavy atom. The van der Waals surface area contributed by atoms with Gasteiger partial charge in [0.25, 0.3) is 0 Å². The number of para-hydroxylation sites is 1. The molecule has 4 rings (SSSR count). The van der Waals surface area contributed by atoms with Crippen LogP contribution in [0.3, 0.4) is 0 Å². The summed E-state index contributed by atoms with van der Waals surface area (Å²) in [6.07, 6.45) is 4.02. The number of hydrogen-bond donors (Lipinski definition) is 2. The molecule has 0 aromatic heterocycles. The highest BCUT2D eigenvalue weighted by atomic mass is 16.6. The number of hydrogen-bond acceptors (Lipinski definition) is 8. The van der Waals surface area contributed by atoms with Crippen molar-refractivity contribution in [1.29, 1.82) is 0 Å². The van der Waals surface area contributed by atoms with E-state index in [9.17, 15) is 29.1 Å². The van der Waals surface area contributed by atoms with E-state index in [1.54, 1.807) is 52.5 Å². The number of nitrogens with zero attached hydrogens (tertiary/aromatic N) is 2. The van der Waals surface area contributed by atoms with Crippen LogP contribution in [0.1, 0.15) is 105 Å². The molecule has 11 nitrogen and oxygen atoms in total. The van der Waals surface area contributed by atoms with Gasteiger partial charge in [-0.25, -0.2) is 0 Å². The van der Waals surface area contributed by atoms with E-state index >= 15 is 0 Å². The Balaban J connectivity index is 1.56. The molecule has 2 unspecified atom stereocenters. The minimum absolute atomic E-state index is 0.0959. The van der Waals surface area contributed by atoms with Gasteiger partial charge < -0.3 is 24.8 Å². The molecular weight excluding hydrogens is 602 g/mol. The number of nitrogens with one attached hydrogen (secondary N) is 1. The predicted molar refractivity (Wildman–Crippen MR) is 176 cm³/mol. The second-order valence-electron chi connectivity index (χ2n) is 15.4. The molecule has 2 aliphatic heterocycles. The summed E-state index contributed by atoms with van der Waals surface area (Å²) in [5.74, 6) is -2.84. The molecule has 1 saturated carbocycles. The summed E-state index contributed by atoms with van der Waals surface area (Å²) in [7, 11) is 0. The van der Waals surface area contributed by atoms with E-state index in [1.165, 1.54) is 4.90 Å². The molecule has 11 heteroatoms. The second kappa shape index (κ2) is 14.7. The summed E-state index contributed by atoms with van der Waals surface area (Å²) in [6.45, 7) is 11.1. The zero-order valence-corrected chi connectivity index (χ0v) is 28.9. The van der Waals surface area contributed by atoms with E-state index in [1.807, 2.05) is 18.2 Å². The molecule has 1 aromatic carbocycles. The molecule has 0 bridgehead atoms. The van der Waals surface area contributed by atoms with Crippen LogP contribution in [-0.4, -0.2) is 82.6 Å². The molecule has 2 N–H and O–H groups in total. The van der Waals surface area contributed by atoms with Crippen molar-refractivity contribution in [3.63, 3.8) is 0 Å². The molecule has 2 atom stereocenters. The molecule has 0 spiro atoms. The molecule has 1 saturated heterocycles. The highest BCUT2D eigenvalue weighted by Gasteiger charge is 2.47. The lowest BCUT2D eigenvalue weighted by atomic mass is 9.75. The smallest absolute Gasteiger partial charge is 0.326 e. The number of aliphatic hydroxyl groups is 1. The molecule has 1 aromatic rings. The number of likely N-dealkylation sites (tertiary alicyclic amines) is 1. The van der Waals surface area contributed by atoms with Crippen LogP contribution in [0, 0.1) is 11.3 Å². The summed E-state index contributed by atoms with van der Waals surface area (Å²) in [5.41, 5.74) is -0.960. The number of rotatable bonds is 9. The van der Waals surface area contributed by atoms with Crippen LogP contribution >= 0.6 is 0 Å². The van der Waals surface area contributed by atoms with Gasteiger partial charge in [-0.15, -0.1) is 0 Å². The third kappa shape index (κ3) is 9.78. The highest BCUT2D eigenvalue weighted by Crippen LogP contribution is 2.45. The van der Waals surface area contributed by atoms with Crippen LogP contribution in [0.15, 0.2) is 24.3 Å².